The highest BCUT2D eigenvalue weighted by Gasteiger charge is 2.11. The number of benzene rings is 2. The molecular formula is C15H17BrN2O2S. The third kappa shape index (κ3) is 3.98. The molecule has 0 bridgehead atoms. The number of halogens is 1. The van der Waals surface area contributed by atoms with Crippen LogP contribution in [0.5, 0.6) is 0 Å². The van der Waals surface area contributed by atoms with Gasteiger partial charge in [-0.1, -0.05) is 28.1 Å². The number of anilines is 2. The number of sulfone groups is 1. The first kappa shape index (κ1) is 15.9. The molecule has 0 aromatic heterocycles. The summed E-state index contributed by atoms with van der Waals surface area (Å²) >= 11 is 3.40. The highest BCUT2D eigenvalue weighted by molar-refractivity contribution is 9.10. The summed E-state index contributed by atoms with van der Waals surface area (Å²) < 4.78 is 24.0. The second kappa shape index (κ2) is 6.07. The van der Waals surface area contributed by atoms with Gasteiger partial charge in [0, 0.05) is 16.8 Å². The molecule has 0 aliphatic heterocycles. The molecule has 4 nitrogen and oxygen atoms in total. The molecule has 2 rings (SSSR count). The molecule has 0 fully saturated rings. The van der Waals surface area contributed by atoms with Gasteiger partial charge in [-0.3, -0.25) is 0 Å². The van der Waals surface area contributed by atoms with Crippen LogP contribution in [0.25, 0.3) is 0 Å². The number of hydrogen-bond donors (Lipinski definition) is 2. The maximum absolute atomic E-state index is 11.5. The fraction of sp³-hybridized carbons (Fsp3) is 0.200. The average Bonchev–Trinajstić information content (AvgIpc) is 2.40. The van der Waals surface area contributed by atoms with E-state index in [0.717, 1.165) is 15.7 Å². The molecule has 0 saturated heterocycles. The van der Waals surface area contributed by atoms with Gasteiger partial charge in [0.25, 0.3) is 0 Å². The Hall–Kier alpha value is -1.53. The Morgan fingerprint density at radius 3 is 2.29 bits per heavy atom. The van der Waals surface area contributed by atoms with Crippen molar-refractivity contribution in [1.29, 1.82) is 0 Å². The molecule has 2 aromatic carbocycles. The topological polar surface area (TPSA) is 72.2 Å². The van der Waals surface area contributed by atoms with Crippen molar-refractivity contribution in [3.8, 4) is 0 Å². The van der Waals surface area contributed by atoms with E-state index in [2.05, 4.69) is 21.2 Å². The van der Waals surface area contributed by atoms with Crippen LogP contribution >= 0.6 is 15.9 Å². The summed E-state index contributed by atoms with van der Waals surface area (Å²) in [6, 6.07) is 12.8. The quantitative estimate of drug-likeness (QED) is 0.808. The van der Waals surface area contributed by atoms with Gasteiger partial charge in [0.1, 0.15) is 0 Å². The molecule has 0 spiro atoms. The fourth-order valence-electron chi connectivity index (χ4n) is 1.97. The van der Waals surface area contributed by atoms with Crippen LogP contribution in [0.3, 0.4) is 0 Å². The smallest absolute Gasteiger partial charge is 0.175 e. The van der Waals surface area contributed by atoms with E-state index in [1.165, 1.54) is 12.3 Å². The Morgan fingerprint density at radius 2 is 1.76 bits per heavy atom. The molecule has 1 atom stereocenters. The van der Waals surface area contributed by atoms with Gasteiger partial charge in [-0.05, 0) is 42.8 Å². The van der Waals surface area contributed by atoms with E-state index < -0.39 is 9.84 Å². The van der Waals surface area contributed by atoms with E-state index in [4.69, 9.17) is 5.73 Å². The lowest BCUT2D eigenvalue weighted by molar-refractivity contribution is 0.602. The van der Waals surface area contributed by atoms with Crippen molar-refractivity contribution in [2.75, 3.05) is 17.3 Å². The average molecular weight is 369 g/mol. The van der Waals surface area contributed by atoms with Crippen LogP contribution in [0, 0.1) is 0 Å². The zero-order valence-electron chi connectivity index (χ0n) is 11.8. The van der Waals surface area contributed by atoms with E-state index in [1.807, 2.05) is 31.2 Å². The lowest BCUT2D eigenvalue weighted by Gasteiger charge is -2.17. The van der Waals surface area contributed by atoms with Crippen molar-refractivity contribution in [3.63, 3.8) is 0 Å². The molecule has 0 saturated carbocycles. The van der Waals surface area contributed by atoms with Gasteiger partial charge in [-0.2, -0.15) is 0 Å². The van der Waals surface area contributed by atoms with Crippen molar-refractivity contribution in [1.82, 2.24) is 0 Å². The van der Waals surface area contributed by atoms with Crippen LogP contribution in [-0.2, 0) is 9.84 Å². The molecule has 0 aliphatic carbocycles. The standard InChI is InChI=1S/C15H17BrN2O2S/c1-10(11-3-5-12(16)6-4-11)18-15-8-7-13(9-14(15)17)21(2,19)20/h3-10,18H,17H2,1-2H3. The second-order valence-electron chi connectivity index (χ2n) is 4.94. The second-order valence-corrected chi connectivity index (χ2v) is 7.87. The van der Waals surface area contributed by atoms with Gasteiger partial charge in [-0.25, -0.2) is 8.42 Å². The lowest BCUT2D eigenvalue weighted by Crippen LogP contribution is -2.09. The monoisotopic (exact) mass is 368 g/mol. The molecule has 0 heterocycles. The highest BCUT2D eigenvalue weighted by Crippen LogP contribution is 2.27. The Bertz CT molecular complexity index is 743. The van der Waals surface area contributed by atoms with Crippen molar-refractivity contribution in [2.24, 2.45) is 0 Å². The number of rotatable bonds is 4. The maximum Gasteiger partial charge on any atom is 0.175 e. The van der Waals surface area contributed by atoms with Crippen molar-refractivity contribution < 1.29 is 8.42 Å². The van der Waals surface area contributed by atoms with Gasteiger partial charge < -0.3 is 11.1 Å². The predicted octanol–water partition coefficient (Wildman–Crippen LogP) is 3.61. The van der Waals surface area contributed by atoms with Crippen LogP contribution in [-0.4, -0.2) is 14.7 Å². The van der Waals surface area contributed by atoms with Gasteiger partial charge in [0.15, 0.2) is 9.84 Å². The summed E-state index contributed by atoms with van der Waals surface area (Å²) in [5.74, 6) is 0. The SMILES string of the molecule is CC(Nc1ccc(S(C)(=O)=O)cc1N)c1ccc(Br)cc1. The fourth-order valence-corrected chi connectivity index (χ4v) is 2.89. The van der Waals surface area contributed by atoms with Crippen molar-refractivity contribution >= 4 is 37.1 Å². The number of nitrogens with two attached hydrogens (primary N) is 1. The third-order valence-corrected chi connectivity index (χ3v) is 4.83. The van der Waals surface area contributed by atoms with Gasteiger partial charge in [0.2, 0.25) is 0 Å². The molecule has 0 radical (unpaired) electrons. The van der Waals surface area contributed by atoms with Crippen molar-refractivity contribution in [3.05, 3.63) is 52.5 Å². The first-order chi connectivity index (χ1) is 9.77. The summed E-state index contributed by atoms with van der Waals surface area (Å²) in [6.07, 6.45) is 1.17. The number of nitrogen functional groups attached to an aromatic ring is 1. The Balaban J connectivity index is 2.22. The number of hydrogen-bond acceptors (Lipinski definition) is 4. The Morgan fingerprint density at radius 1 is 1.14 bits per heavy atom. The largest absolute Gasteiger partial charge is 0.397 e. The molecule has 21 heavy (non-hydrogen) atoms. The van der Waals surface area contributed by atoms with E-state index in [-0.39, 0.29) is 10.9 Å². The van der Waals surface area contributed by atoms with E-state index in [1.54, 1.807) is 12.1 Å². The molecular weight excluding hydrogens is 352 g/mol. The molecule has 0 aliphatic rings. The van der Waals surface area contributed by atoms with Crippen LogP contribution in [0.2, 0.25) is 0 Å². The molecule has 3 N–H and O–H groups in total. The summed E-state index contributed by atoms with van der Waals surface area (Å²) in [7, 11) is -3.24. The summed E-state index contributed by atoms with van der Waals surface area (Å²) in [5, 5.41) is 3.29. The van der Waals surface area contributed by atoms with Gasteiger partial charge >= 0.3 is 0 Å². The van der Waals surface area contributed by atoms with E-state index >= 15 is 0 Å². The first-order valence-corrected chi connectivity index (χ1v) is 9.07. The van der Waals surface area contributed by atoms with Crippen LogP contribution in [0.15, 0.2) is 51.8 Å². The third-order valence-electron chi connectivity index (χ3n) is 3.19. The normalized spacial score (nSPS) is 12.9. The zero-order valence-corrected chi connectivity index (χ0v) is 14.2. The minimum Gasteiger partial charge on any atom is -0.397 e. The maximum atomic E-state index is 11.5. The van der Waals surface area contributed by atoms with Crippen LogP contribution in [0.4, 0.5) is 11.4 Å². The van der Waals surface area contributed by atoms with Gasteiger partial charge in [0.05, 0.1) is 16.3 Å². The molecule has 0 amide bonds. The summed E-state index contributed by atoms with van der Waals surface area (Å²) in [6.45, 7) is 2.02. The van der Waals surface area contributed by atoms with E-state index in [0.29, 0.717) is 5.69 Å². The molecule has 6 heteroatoms. The highest BCUT2D eigenvalue weighted by atomic mass is 79.9. The van der Waals surface area contributed by atoms with Crippen molar-refractivity contribution in [2.45, 2.75) is 17.9 Å². The van der Waals surface area contributed by atoms with Crippen LogP contribution < -0.4 is 11.1 Å². The van der Waals surface area contributed by atoms with Crippen LogP contribution in [0.1, 0.15) is 18.5 Å². The molecule has 1 unspecified atom stereocenters. The van der Waals surface area contributed by atoms with Gasteiger partial charge in [-0.15, -0.1) is 0 Å². The Labute approximate surface area is 133 Å². The first-order valence-electron chi connectivity index (χ1n) is 6.39. The minimum atomic E-state index is -3.24. The zero-order chi connectivity index (χ0) is 15.6. The summed E-state index contributed by atoms with van der Waals surface area (Å²) in [4.78, 5) is 0.224. The summed E-state index contributed by atoms with van der Waals surface area (Å²) in [5.41, 5.74) is 8.19. The molecule has 2 aromatic rings. The lowest BCUT2D eigenvalue weighted by atomic mass is 10.1. The predicted molar refractivity (Wildman–Crippen MR) is 90.1 cm³/mol. The minimum absolute atomic E-state index is 0.0597. The molecule has 112 valence electrons. The number of nitrogens with one attached hydrogen (secondary N) is 1. The van der Waals surface area contributed by atoms with E-state index in [9.17, 15) is 8.42 Å². The Kier molecular flexibility index (Phi) is 4.58.